The van der Waals surface area contributed by atoms with Gasteiger partial charge >= 0.3 is 5.97 Å². The molecule has 19 heavy (non-hydrogen) atoms. The molecule has 0 radical (unpaired) electrons. The fourth-order valence-electron chi connectivity index (χ4n) is 2.39. The molecule has 96 valence electrons. The molecule has 0 saturated carbocycles. The lowest BCUT2D eigenvalue weighted by Gasteiger charge is -2.03. The Morgan fingerprint density at radius 1 is 1.42 bits per heavy atom. The number of hydrogen-bond donors (Lipinski definition) is 2. The van der Waals surface area contributed by atoms with Crippen LogP contribution in [0.4, 0.5) is 5.82 Å². The predicted octanol–water partition coefficient (Wildman–Crippen LogP) is 2.66. The van der Waals surface area contributed by atoms with E-state index in [4.69, 9.17) is 17.3 Å². The number of halogens is 1. The normalized spacial score (nSPS) is 11.3. The highest BCUT2D eigenvalue weighted by atomic mass is 35.5. The number of carboxylic acid groups (broad SMARTS) is 1. The number of fused-ring (bicyclic) bond motifs is 3. The summed E-state index contributed by atoms with van der Waals surface area (Å²) in [6, 6.07) is 5.27. The van der Waals surface area contributed by atoms with E-state index in [0.717, 1.165) is 16.3 Å². The lowest BCUT2D eigenvalue weighted by atomic mass is 10.1. The summed E-state index contributed by atoms with van der Waals surface area (Å²) in [5, 5.41) is 11.9. The van der Waals surface area contributed by atoms with Crippen molar-refractivity contribution in [2.24, 2.45) is 7.05 Å². The third-order valence-electron chi connectivity index (χ3n) is 3.28. The quantitative estimate of drug-likeness (QED) is 0.669. The number of carboxylic acids is 1. The van der Waals surface area contributed by atoms with Crippen molar-refractivity contribution < 1.29 is 9.90 Å². The highest BCUT2D eigenvalue weighted by Gasteiger charge is 2.20. The van der Waals surface area contributed by atoms with Crippen LogP contribution >= 0.6 is 11.6 Å². The maximum atomic E-state index is 11.3. The lowest BCUT2D eigenvalue weighted by molar-refractivity contribution is 0.0700. The Morgan fingerprint density at radius 2 is 2.16 bits per heavy atom. The van der Waals surface area contributed by atoms with Gasteiger partial charge in [-0.3, -0.25) is 0 Å². The number of aromatic carboxylic acids is 1. The molecule has 2 heterocycles. The van der Waals surface area contributed by atoms with Crippen molar-refractivity contribution in [2.45, 2.75) is 0 Å². The number of nitrogens with two attached hydrogens (primary N) is 1. The van der Waals surface area contributed by atoms with E-state index in [9.17, 15) is 9.90 Å². The van der Waals surface area contributed by atoms with Gasteiger partial charge in [0.15, 0.2) is 0 Å². The average Bonchev–Trinajstić information content (AvgIpc) is 2.62. The Hall–Kier alpha value is -2.27. The molecule has 5 nitrogen and oxygen atoms in total. The Morgan fingerprint density at radius 3 is 2.84 bits per heavy atom. The van der Waals surface area contributed by atoms with E-state index >= 15 is 0 Å². The van der Waals surface area contributed by atoms with E-state index in [-0.39, 0.29) is 11.4 Å². The number of pyridine rings is 1. The second kappa shape index (κ2) is 3.86. The first-order valence-electron chi connectivity index (χ1n) is 5.56. The first-order chi connectivity index (χ1) is 9.00. The van der Waals surface area contributed by atoms with Crippen LogP contribution in [-0.4, -0.2) is 20.6 Å². The molecule has 2 aromatic heterocycles. The maximum Gasteiger partial charge on any atom is 0.340 e. The Bertz CT molecular complexity index is 839. The van der Waals surface area contributed by atoms with Gasteiger partial charge in [-0.2, -0.15) is 0 Å². The minimum absolute atomic E-state index is 0.118. The van der Waals surface area contributed by atoms with Crippen LogP contribution in [0.15, 0.2) is 24.4 Å². The standard InChI is InChI=1S/C13H10ClN3O2/c1-17-11-7(10(12(17)15)13(18)19)3-2-6-5-16-9(14)4-8(6)11/h2-5H,15H2,1H3,(H,18,19). The summed E-state index contributed by atoms with van der Waals surface area (Å²) in [7, 11) is 1.73. The van der Waals surface area contributed by atoms with Gasteiger partial charge in [-0.1, -0.05) is 23.7 Å². The van der Waals surface area contributed by atoms with Crippen LogP contribution in [0.25, 0.3) is 21.7 Å². The van der Waals surface area contributed by atoms with Crippen molar-refractivity contribution in [1.82, 2.24) is 9.55 Å². The van der Waals surface area contributed by atoms with Crippen LogP contribution in [0.1, 0.15) is 10.4 Å². The van der Waals surface area contributed by atoms with E-state index in [1.807, 2.05) is 6.07 Å². The Labute approximate surface area is 113 Å². The lowest BCUT2D eigenvalue weighted by Crippen LogP contribution is -2.03. The van der Waals surface area contributed by atoms with E-state index in [0.29, 0.717) is 10.5 Å². The van der Waals surface area contributed by atoms with Gasteiger partial charge < -0.3 is 15.4 Å². The molecular formula is C13H10ClN3O2. The minimum Gasteiger partial charge on any atom is -0.478 e. The van der Waals surface area contributed by atoms with Gasteiger partial charge in [0.25, 0.3) is 0 Å². The average molecular weight is 276 g/mol. The molecule has 0 unspecified atom stereocenters. The molecule has 0 spiro atoms. The molecule has 0 saturated heterocycles. The molecular weight excluding hydrogens is 266 g/mol. The van der Waals surface area contributed by atoms with Crippen molar-refractivity contribution in [3.05, 3.63) is 35.1 Å². The summed E-state index contributed by atoms with van der Waals surface area (Å²) in [5.41, 5.74) is 6.74. The van der Waals surface area contributed by atoms with Crippen molar-refractivity contribution >= 4 is 45.1 Å². The van der Waals surface area contributed by atoms with Crippen molar-refractivity contribution in [1.29, 1.82) is 0 Å². The number of nitrogen functional groups attached to an aromatic ring is 1. The van der Waals surface area contributed by atoms with Crippen LogP contribution in [0, 0.1) is 0 Å². The zero-order chi connectivity index (χ0) is 13.7. The third-order valence-corrected chi connectivity index (χ3v) is 3.48. The molecule has 1 aromatic carbocycles. The van der Waals surface area contributed by atoms with Crippen LogP contribution in [0.5, 0.6) is 0 Å². The van der Waals surface area contributed by atoms with E-state index in [1.165, 1.54) is 0 Å². The van der Waals surface area contributed by atoms with Gasteiger partial charge in [-0.25, -0.2) is 9.78 Å². The highest BCUT2D eigenvalue weighted by Crippen LogP contribution is 2.33. The summed E-state index contributed by atoms with van der Waals surface area (Å²) in [6.45, 7) is 0. The fourth-order valence-corrected chi connectivity index (χ4v) is 2.55. The number of anilines is 1. The topological polar surface area (TPSA) is 81.1 Å². The number of aromatic nitrogens is 2. The number of rotatable bonds is 1. The Kier molecular flexibility index (Phi) is 2.40. The molecule has 0 aliphatic heterocycles. The second-order valence-electron chi connectivity index (χ2n) is 4.31. The van der Waals surface area contributed by atoms with Crippen LogP contribution in [0.3, 0.4) is 0 Å². The van der Waals surface area contributed by atoms with Crippen molar-refractivity contribution in [3.8, 4) is 0 Å². The van der Waals surface area contributed by atoms with Crippen LogP contribution < -0.4 is 5.73 Å². The number of hydrogen-bond acceptors (Lipinski definition) is 3. The largest absolute Gasteiger partial charge is 0.478 e. The number of aryl methyl sites for hydroxylation is 1. The maximum absolute atomic E-state index is 11.3. The fraction of sp³-hybridized carbons (Fsp3) is 0.0769. The minimum atomic E-state index is -1.04. The zero-order valence-corrected chi connectivity index (χ0v) is 10.8. The van der Waals surface area contributed by atoms with E-state index < -0.39 is 5.97 Å². The first kappa shape index (κ1) is 11.8. The molecule has 6 heteroatoms. The monoisotopic (exact) mass is 275 g/mol. The van der Waals surface area contributed by atoms with Gasteiger partial charge in [-0.15, -0.1) is 0 Å². The second-order valence-corrected chi connectivity index (χ2v) is 4.70. The van der Waals surface area contributed by atoms with Crippen LogP contribution in [-0.2, 0) is 7.05 Å². The third kappa shape index (κ3) is 1.55. The smallest absolute Gasteiger partial charge is 0.340 e. The SMILES string of the molecule is Cn1c(N)c(C(=O)O)c2ccc3cnc(Cl)cc3c21. The van der Waals surface area contributed by atoms with Crippen LogP contribution in [0.2, 0.25) is 5.15 Å². The summed E-state index contributed by atoms with van der Waals surface area (Å²) in [5.74, 6) is -0.814. The van der Waals surface area contributed by atoms with Crippen molar-refractivity contribution in [2.75, 3.05) is 5.73 Å². The predicted molar refractivity (Wildman–Crippen MR) is 74.6 cm³/mol. The highest BCUT2D eigenvalue weighted by molar-refractivity contribution is 6.30. The molecule has 0 aliphatic rings. The zero-order valence-electron chi connectivity index (χ0n) is 10.0. The van der Waals surface area contributed by atoms with E-state index in [1.54, 1.807) is 29.9 Å². The van der Waals surface area contributed by atoms with Gasteiger partial charge in [-0.05, 0) is 6.07 Å². The number of nitrogens with zero attached hydrogens (tertiary/aromatic N) is 2. The van der Waals surface area contributed by atoms with Crippen molar-refractivity contribution in [3.63, 3.8) is 0 Å². The molecule has 3 N–H and O–H groups in total. The summed E-state index contributed by atoms with van der Waals surface area (Å²) < 4.78 is 1.66. The van der Waals surface area contributed by atoms with Gasteiger partial charge in [0, 0.05) is 29.4 Å². The summed E-state index contributed by atoms with van der Waals surface area (Å²) in [6.07, 6.45) is 1.65. The molecule has 3 aromatic rings. The summed E-state index contributed by atoms with van der Waals surface area (Å²) in [4.78, 5) is 15.3. The number of carbonyl (C=O) groups is 1. The Balaban J connectivity index is 2.59. The van der Waals surface area contributed by atoms with Gasteiger partial charge in [0.1, 0.15) is 16.5 Å². The van der Waals surface area contributed by atoms with Gasteiger partial charge in [0.05, 0.1) is 5.52 Å². The molecule has 0 amide bonds. The van der Waals surface area contributed by atoms with E-state index in [2.05, 4.69) is 4.98 Å². The summed E-state index contributed by atoms with van der Waals surface area (Å²) >= 11 is 5.91. The van der Waals surface area contributed by atoms with Gasteiger partial charge in [0.2, 0.25) is 0 Å². The molecule has 3 rings (SSSR count). The molecule has 0 bridgehead atoms. The number of benzene rings is 1. The molecule has 0 atom stereocenters. The first-order valence-corrected chi connectivity index (χ1v) is 5.94. The molecule has 0 aliphatic carbocycles. The molecule has 0 fully saturated rings.